The molecule has 5 nitrogen and oxygen atoms in total. The lowest BCUT2D eigenvalue weighted by Crippen LogP contribution is -2.39. The van der Waals surface area contributed by atoms with Crippen molar-refractivity contribution >= 4 is 12.0 Å². The zero-order valence-corrected chi connectivity index (χ0v) is 7.27. The first-order chi connectivity index (χ1) is 6.16. The summed E-state index contributed by atoms with van der Waals surface area (Å²) < 4.78 is 0. The molecule has 2 N–H and O–H groups in total. The summed E-state index contributed by atoms with van der Waals surface area (Å²) in [6.07, 6.45) is 0.847. The van der Waals surface area contributed by atoms with Gasteiger partial charge >= 0.3 is 6.09 Å². The van der Waals surface area contributed by atoms with E-state index in [0.29, 0.717) is 12.8 Å². The molecule has 1 fully saturated rings. The van der Waals surface area contributed by atoms with E-state index in [1.807, 2.05) is 0 Å². The molecule has 13 heavy (non-hydrogen) atoms. The second-order valence-electron chi connectivity index (χ2n) is 3.15. The zero-order chi connectivity index (χ0) is 9.84. The maximum atomic E-state index is 11.4. The molecule has 1 rings (SSSR count). The predicted molar refractivity (Wildman–Crippen MR) is 44.2 cm³/mol. The number of imide groups is 1. The van der Waals surface area contributed by atoms with Gasteiger partial charge in [-0.25, -0.2) is 9.69 Å². The third-order valence-electron chi connectivity index (χ3n) is 2.25. The highest BCUT2D eigenvalue weighted by Crippen LogP contribution is 2.17. The molecular weight excluding hydrogens is 174 g/mol. The fourth-order valence-electron chi connectivity index (χ4n) is 1.47. The van der Waals surface area contributed by atoms with Gasteiger partial charge in [-0.2, -0.15) is 0 Å². The summed E-state index contributed by atoms with van der Waals surface area (Å²) in [7, 11) is 0. The number of aliphatic hydroxyl groups excluding tert-OH is 1. The average molecular weight is 187 g/mol. The van der Waals surface area contributed by atoms with Crippen molar-refractivity contribution in [1.29, 1.82) is 0 Å². The van der Waals surface area contributed by atoms with Gasteiger partial charge in [0.25, 0.3) is 0 Å². The maximum absolute atomic E-state index is 11.4. The number of likely N-dealkylation sites (tertiary alicyclic amines) is 1. The molecule has 1 aliphatic rings. The van der Waals surface area contributed by atoms with Crippen LogP contribution in [0.5, 0.6) is 0 Å². The summed E-state index contributed by atoms with van der Waals surface area (Å²) in [6, 6.07) is 0. The van der Waals surface area contributed by atoms with E-state index >= 15 is 0 Å². The van der Waals surface area contributed by atoms with Gasteiger partial charge in [0.2, 0.25) is 5.91 Å². The molecule has 0 aromatic rings. The van der Waals surface area contributed by atoms with E-state index in [4.69, 9.17) is 10.2 Å². The fraction of sp³-hybridized carbons (Fsp3) is 0.750. The van der Waals surface area contributed by atoms with Crippen molar-refractivity contribution in [3.05, 3.63) is 0 Å². The lowest BCUT2D eigenvalue weighted by atomic mass is 10.0. The first kappa shape index (κ1) is 9.98. The summed E-state index contributed by atoms with van der Waals surface area (Å²) in [5, 5.41) is 17.5. The smallest absolute Gasteiger partial charge is 0.414 e. The number of rotatable bonds is 1. The van der Waals surface area contributed by atoms with Gasteiger partial charge in [-0.15, -0.1) is 0 Å². The van der Waals surface area contributed by atoms with E-state index in [2.05, 4.69) is 0 Å². The van der Waals surface area contributed by atoms with Crippen LogP contribution in [0.15, 0.2) is 0 Å². The van der Waals surface area contributed by atoms with Crippen LogP contribution in [-0.4, -0.2) is 40.3 Å². The molecule has 0 aromatic heterocycles. The SMILES string of the molecule is O=C(O)N1CCCCC(CO)C1=O. The van der Waals surface area contributed by atoms with E-state index in [-0.39, 0.29) is 13.2 Å². The minimum Gasteiger partial charge on any atom is -0.465 e. The van der Waals surface area contributed by atoms with Gasteiger partial charge in [0.1, 0.15) is 0 Å². The molecule has 1 unspecified atom stereocenters. The van der Waals surface area contributed by atoms with E-state index in [1.165, 1.54) is 0 Å². The molecule has 0 aromatic carbocycles. The standard InChI is InChI=1S/C8H13NO4/c10-5-6-3-1-2-4-9(7(6)11)8(12)13/h6,10H,1-5H2,(H,12,13). The molecule has 1 aliphatic heterocycles. The summed E-state index contributed by atoms with van der Waals surface area (Å²) in [5.74, 6) is -0.994. The minimum absolute atomic E-state index is 0.255. The highest BCUT2D eigenvalue weighted by atomic mass is 16.4. The third-order valence-corrected chi connectivity index (χ3v) is 2.25. The molecule has 2 amide bonds. The van der Waals surface area contributed by atoms with Crippen molar-refractivity contribution in [3.63, 3.8) is 0 Å². The van der Waals surface area contributed by atoms with Gasteiger partial charge in [0.15, 0.2) is 0 Å². The Bertz CT molecular complexity index is 216. The van der Waals surface area contributed by atoms with Crippen LogP contribution in [0.4, 0.5) is 4.79 Å². The lowest BCUT2D eigenvalue weighted by Gasteiger charge is -2.17. The van der Waals surface area contributed by atoms with Crippen LogP contribution in [0.2, 0.25) is 0 Å². The second kappa shape index (κ2) is 4.23. The van der Waals surface area contributed by atoms with Crippen LogP contribution in [0.1, 0.15) is 19.3 Å². The van der Waals surface area contributed by atoms with Crippen LogP contribution < -0.4 is 0 Å². The Kier molecular flexibility index (Phi) is 3.25. The Morgan fingerprint density at radius 2 is 2.23 bits per heavy atom. The van der Waals surface area contributed by atoms with E-state index in [9.17, 15) is 9.59 Å². The molecule has 1 atom stereocenters. The van der Waals surface area contributed by atoms with Crippen molar-refractivity contribution < 1.29 is 19.8 Å². The van der Waals surface area contributed by atoms with Gasteiger partial charge in [-0.05, 0) is 12.8 Å². The Morgan fingerprint density at radius 3 is 2.77 bits per heavy atom. The van der Waals surface area contributed by atoms with Gasteiger partial charge in [0.05, 0.1) is 12.5 Å². The lowest BCUT2D eigenvalue weighted by molar-refractivity contribution is -0.134. The Balaban J connectivity index is 2.73. The van der Waals surface area contributed by atoms with Crippen LogP contribution in [0, 0.1) is 5.92 Å². The third kappa shape index (κ3) is 2.18. The number of carboxylic acid groups (broad SMARTS) is 1. The summed E-state index contributed by atoms with van der Waals surface area (Å²) in [4.78, 5) is 22.8. The Hall–Kier alpha value is -1.10. The van der Waals surface area contributed by atoms with Gasteiger partial charge in [0, 0.05) is 6.54 Å². The second-order valence-corrected chi connectivity index (χ2v) is 3.15. The minimum atomic E-state index is -1.22. The topological polar surface area (TPSA) is 77.8 Å². The first-order valence-electron chi connectivity index (χ1n) is 4.32. The van der Waals surface area contributed by atoms with Gasteiger partial charge in [-0.3, -0.25) is 4.79 Å². The van der Waals surface area contributed by atoms with E-state index < -0.39 is 17.9 Å². The molecule has 1 heterocycles. The molecule has 0 saturated carbocycles. The number of carbonyl (C=O) groups is 2. The average Bonchev–Trinajstić information content (AvgIpc) is 2.26. The largest absolute Gasteiger partial charge is 0.465 e. The molecule has 5 heteroatoms. The monoisotopic (exact) mass is 187 g/mol. The molecule has 0 aliphatic carbocycles. The molecule has 74 valence electrons. The zero-order valence-electron chi connectivity index (χ0n) is 7.27. The molecule has 0 bridgehead atoms. The van der Waals surface area contributed by atoms with Crippen LogP contribution >= 0.6 is 0 Å². The van der Waals surface area contributed by atoms with Gasteiger partial charge < -0.3 is 10.2 Å². The Labute approximate surface area is 76.0 Å². The van der Waals surface area contributed by atoms with Crippen molar-refractivity contribution in [2.45, 2.75) is 19.3 Å². The number of hydrogen-bond acceptors (Lipinski definition) is 3. The number of amides is 2. The van der Waals surface area contributed by atoms with Crippen molar-refractivity contribution in [3.8, 4) is 0 Å². The normalized spacial score (nSPS) is 24.2. The van der Waals surface area contributed by atoms with Crippen LogP contribution in [0.3, 0.4) is 0 Å². The van der Waals surface area contributed by atoms with E-state index in [0.717, 1.165) is 11.3 Å². The first-order valence-corrected chi connectivity index (χ1v) is 4.32. The van der Waals surface area contributed by atoms with Gasteiger partial charge in [-0.1, -0.05) is 6.42 Å². The summed E-state index contributed by atoms with van der Waals surface area (Å²) in [6.45, 7) is -0.00667. The summed E-state index contributed by atoms with van der Waals surface area (Å²) >= 11 is 0. The number of aliphatic hydroxyl groups is 1. The summed E-state index contributed by atoms with van der Waals surface area (Å²) in [5.41, 5.74) is 0. The molecule has 0 radical (unpaired) electrons. The van der Waals surface area contributed by atoms with E-state index in [1.54, 1.807) is 0 Å². The number of hydrogen-bond donors (Lipinski definition) is 2. The molecule has 0 spiro atoms. The predicted octanol–water partition coefficient (Wildman–Crippen LogP) is 0.285. The fourth-order valence-corrected chi connectivity index (χ4v) is 1.47. The number of carbonyl (C=O) groups excluding carboxylic acids is 1. The quantitative estimate of drug-likeness (QED) is 0.618. The molecular formula is C8H13NO4. The highest BCUT2D eigenvalue weighted by Gasteiger charge is 2.29. The van der Waals surface area contributed by atoms with Crippen LogP contribution in [0.25, 0.3) is 0 Å². The Morgan fingerprint density at radius 1 is 1.54 bits per heavy atom. The maximum Gasteiger partial charge on any atom is 0.414 e. The highest BCUT2D eigenvalue weighted by molar-refractivity contribution is 5.92. The number of nitrogens with zero attached hydrogens (tertiary/aromatic N) is 1. The van der Waals surface area contributed by atoms with Crippen molar-refractivity contribution in [1.82, 2.24) is 4.90 Å². The molecule has 1 saturated heterocycles. The van der Waals surface area contributed by atoms with Crippen molar-refractivity contribution in [2.75, 3.05) is 13.2 Å². The van der Waals surface area contributed by atoms with Crippen LogP contribution in [-0.2, 0) is 4.79 Å². The van der Waals surface area contributed by atoms with Crippen molar-refractivity contribution in [2.24, 2.45) is 5.92 Å².